The van der Waals surface area contributed by atoms with Crippen LogP contribution in [0.1, 0.15) is 48.9 Å². The summed E-state index contributed by atoms with van der Waals surface area (Å²) in [6.07, 6.45) is 4.15. The van der Waals surface area contributed by atoms with E-state index in [0.717, 1.165) is 6.92 Å². The molecule has 0 N–H and O–H groups in total. The summed E-state index contributed by atoms with van der Waals surface area (Å²) >= 11 is 6.26. The minimum atomic E-state index is -4.24. The molecule has 0 spiro atoms. The number of ether oxygens (including phenoxy) is 3. The maximum atomic E-state index is 14.3. The van der Waals surface area contributed by atoms with Crippen LogP contribution >= 0.6 is 11.6 Å². The Kier molecular flexibility index (Phi) is 9.42. The second-order valence-corrected chi connectivity index (χ2v) is 12.0. The number of aryl methyl sites for hydroxylation is 1. The summed E-state index contributed by atoms with van der Waals surface area (Å²) in [7, 11) is -2.96. The van der Waals surface area contributed by atoms with Gasteiger partial charge >= 0.3 is 5.97 Å². The SMILES string of the molecule is CCOc1ncc(C)cc1S(=O)(=O)N1C[C@H](CCC(=O)OC)Oc2ccc(/C=C/c3c(Cl)cccc3C(C)(F)F)cc21. The number of nitrogens with zero attached hydrogens (tertiary/aromatic N) is 2. The number of halogens is 3. The summed E-state index contributed by atoms with van der Waals surface area (Å²) in [6.45, 7) is 4.34. The van der Waals surface area contributed by atoms with Crippen molar-refractivity contribution in [1.29, 1.82) is 0 Å². The number of carbonyl (C=O) groups excluding carboxylic acids is 1. The van der Waals surface area contributed by atoms with Crippen LogP contribution in [0.15, 0.2) is 53.6 Å². The lowest BCUT2D eigenvalue weighted by Crippen LogP contribution is -2.44. The van der Waals surface area contributed by atoms with E-state index in [9.17, 15) is 22.0 Å². The highest BCUT2D eigenvalue weighted by molar-refractivity contribution is 7.93. The van der Waals surface area contributed by atoms with E-state index in [-0.39, 0.29) is 64.4 Å². The van der Waals surface area contributed by atoms with Gasteiger partial charge in [0.2, 0.25) is 5.88 Å². The highest BCUT2D eigenvalue weighted by atomic mass is 35.5. The Morgan fingerprint density at radius 1 is 1.24 bits per heavy atom. The summed E-state index contributed by atoms with van der Waals surface area (Å²) in [6, 6.07) is 10.6. The van der Waals surface area contributed by atoms with E-state index in [4.69, 9.17) is 25.8 Å². The molecule has 0 saturated heterocycles. The number of benzene rings is 2. The Balaban J connectivity index is 1.79. The molecule has 1 atom stereocenters. The van der Waals surface area contributed by atoms with E-state index in [1.165, 1.54) is 48.0 Å². The molecular weight excluding hydrogens is 590 g/mol. The molecule has 8 nitrogen and oxygen atoms in total. The van der Waals surface area contributed by atoms with E-state index >= 15 is 0 Å². The minimum Gasteiger partial charge on any atom is -0.486 e. The Labute approximate surface area is 248 Å². The highest BCUT2D eigenvalue weighted by Gasteiger charge is 2.37. The van der Waals surface area contributed by atoms with Gasteiger partial charge in [-0.05, 0) is 55.7 Å². The van der Waals surface area contributed by atoms with Gasteiger partial charge in [0.1, 0.15) is 16.7 Å². The highest BCUT2D eigenvalue weighted by Crippen LogP contribution is 2.41. The van der Waals surface area contributed by atoms with E-state index in [2.05, 4.69) is 4.98 Å². The third-order valence-corrected chi connectivity index (χ3v) is 8.69. The zero-order valence-corrected chi connectivity index (χ0v) is 25.1. The Morgan fingerprint density at radius 3 is 2.69 bits per heavy atom. The van der Waals surface area contributed by atoms with Gasteiger partial charge in [-0.15, -0.1) is 0 Å². The number of aromatic nitrogens is 1. The lowest BCUT2D eigenvalue weighted by molar-refractivity contribution is -0.141. The van der Waals surface area contributed by atoms with Crippen molar-refractivity contribution < 1.29 is 36.2 Å². The number of alkyl halides is 2. The second kappa shape index (κ2) is 12.7. The number of anilines is 1. The molecule has 224 valence electrons. The van der Waals surface area contributed by atoms with Gasteiger partial charge in [0.05, 0.1) is 25.9 Å². The quantitative estimate of drug-likeness (QED) is 0.185. The number of carbonyl (C=O) groups is 1. The fourth-order valence-corrected chi connectivity index (χ4v) is 6.44. The van der Waals surface area contributed by atoms with Gasteiger partial charge in [-0.1, -0.05) is 42.0 Å². The van der Waals surface area contributed by atoms with Crippen LogP contribution in [0.25, 0.3) is 12.2 Å². The lowest BCUT2D eigenvalue weighted by atomic mass is 10.0. The van der Waals surface area contributed by atoms with E-state index in [1.54, 1.807) is 38.1 Å². The standard InChI is InChI=1S/C30H31ClF2N2O6S/c1-5-40-29-27(15-19(2)17-34-29)42(37,38)35-18-21(11-14-28(36)39-4)41-26-13-10-20(16-25(26)35)9-12-22-23(30(3,32)33)7-6-8-24(22)31/h6-10,12-13,15-17,21H,5,11,14,18H2,1-4H3/b12-9+/t21-/m0/s1. The molecule has 1 aliphatic rings. The van der Waals surface area contributed by atoms with Crippen LogP contribution in [-0.4, -0.2) is 45.7 Å². The number of hydrogen-bond acceptors (Lipinski definition) is 7. The number of fused-ring (bicyclic) bond motifs is 1. The van der Waals surface area contributed by atoms with Gasteiger partial charge in [-0.2, -0.15) is 0 Å². The normalized spacial score (nSPS) is 15.3. The summed E-state index contributed by atoms with van der Waals surface area (Å²) < 4.78 is 74.4. The molecule has 0 fully saturated rings. The van der Waals surface area contributed by atoms with Crippen LogP contribution in [0.5, 0.6) is 11.6 Å². The molecule has 0 unspecified atom stereocenters. The van der Waals surface area contributed by atoms with Crippen molar-refractivity contribution in [3.8, 4) is 11.6 Å². The maximum Gasteiger partial charge on any atom is 0.305 e. The molecule has 0 amide bonds. The van der Waals surface area contributed by atoms with Crippen molar-refractivity contribution in [3.05, 3.63) is 75.9 Å². The van der Waals surface area contributed by atoms with Crippen LogP contribution < -0.4 is 13.8 Å². The average Bonchev–Trinajstić information content (AvgIpc) is 2.95. The molecule has 2 heterocycles. The van der Waals surface area contributed by atoms with Crippen LogP contribution in [-0.2, 0) is 25.5 Å². The number of hydrogen-bond donors (Lipinski definition) is 0. The molecule has 12 heteroatoms. The van der Waals surface area contributed by atoms with Gasteiger partial charge in [0, 0.05) is 35.7 Å². The molecule has 0 saturated carbocycles. The smallest absolute Gasteiger partial charge is 0.305 e. The predicted molar refractivity (Wildman–Crippen MR) is 157 cm³/mol. The number of pyridine rings is 1. The molecule has 4 rings (SSSR count). The van der Waals surface area contributed by atoms with Crippen LogP contribution in [0.3, 0.4) is 0 Å². The van der Waals surface area contributed by atoms with Crippen LogP contribution in [0.4, 0.5) is 14.5 Å². The Bertz CT molecular complexity index is 1610. The van der Waals surface area contributed by atoms with Crippen LogP contribution in [0, 0.1) is 6.92 Å². The molecule has 2 aromatic carbocycles. The Hall–Kier alpha value is -3.70. The van der Waals surface area contributed by atoms with Crippen molar-refractivity contribution in [2.45, 2.75) is 50.5 Å². The van der Waals surface area contributed by atoms with Gasteiger partial charge in [-0.25, -0.2) is 22.2 Å². The fraction of sp³-hybridized carbons (Fsp3) is 0.333. The fourth-order valence-electron chi connectivity index (χ4n) is 4.54. The van der Waals surface area contributed by atoms with Gasteiger partial charge in [0.15, 0.2) is 0 Å². The summed E-state index contributed by atoms with van der Waals surface area (Å²) in [5.41, 5.74) is 1.28. The molecule has 0 bridgehead atoms. The number of rotatable bonds is 10. The van der Waals surface area contributed by atoms with E-state index in [1.807, 2.05) is 0 Å². The van der Waals surface area contributed by atoms with Crippen LogP contribution in [0.2, 0.25) is 5.02 Å². The number of esters is 1. The molecule has 1 aliphatic heterocycles. The first-order valence-corrected chi connectivity index (χ1v) is 15.0. The van der Waals surface area contributed by atoms with E-state index < -0.39 is 28.0 Å². The first kappa shape index (κ1) is 31.2. The van der Waals surface area contributed by atoms with Gasteiger partial charge < -0.3 is 14.2 Å². The second-order valence-electron chi connectivity index (χ2n) is 9.79. The number of sulfonamides is 1. The zero-order valence-electron chi connectivity index (χ0n) is 23.6. The third kappa shape index (κ3) is 6.84. The molecule has 0 radical (unpaired) electrons. The van der Waals surface area contributed by atoms with Crippen molar-refractivity contribution in [3.63, 3.8) is 0 Å². The van der Waals surface area contributed by atoms with E-state index in [0.29, 0.717) is 11.1 Å². The average molecular weight is 621 g/mol. The monoisotopic (exact) mass is 620 g/mol. The summed E-state index contributed by atoms with van der Waals surface area (Å²) in [5.74, 6) is -3.34. The summed E-state index contributed by atoms with van der Waals surface area (Å²) in [4.78, 5) is 15.9. The third-order valence-electron chi connectivity index (χ3n) is 6.59. The van der Waals surface area contributed by atoms with Crippen molar-refractivity contribution in [1.82, 2.24) is 4.98 Å². The van der Waals surface area contributed by atoms with Crippen molar-refractivity contribution in [2.24, 2.45) is 0 Å². The van der Waals surface area contributed by atoms with Gasteiger partial charge in [-0.3, -0.25) is 9.10 Å². The van der Waals surface area contributed by atoms with Gasteiger partial charge in [0.25, 0.3) is 15.9 Å². The summed E-state index contributed by atoms with van der Waals surface area (Å²) in [5, 5.41) is 0.152. The maximum absolute atomic E-state index is 14.3. The lowest BCUT2D eigenvalue weighted by Gasteiger charge is -2.35. The van der Waals surface area contributed by atoms with Crippen molar-refractivity contribution in [2.75, 3.05) is 24.6 Å². The predicted octanol–water partition coefficient (Wildman–Crippen LogP) is 6.63. The molecule has 3 aromatic rings. The Morgan fingerprint density at radius 2 is 2.00 bits per heavy atom. The first-order chi connectivity index (χ1) is 19.8. The molecular formula is C30H31ClF2N2O6S. The molecule has 0 aliphatic carbocycles. The first-order valence-electron chi connectivity index (χ1n) is 13.2. The minimum absolute atomic E-state index is 0.0314. The molecule has 42 heavy (non-hydrogen) atoms. The van der Waals surface area contributed by atoms with Crippen molar-refractivity contribution >= 4 is 45.4 Å². The topological polar surface area (TPSA) is 95.0 Å². The largest absolute Gasteiger partial charge is 0.486 e. The zero-order chi connectivity index (χ0) is 30.7. The number of methoxy groups -OCH3 is 1. The molecule has 1 aromatic heterocycles.